The number of aromatic nitrogens is 1. The Morgan fingerprint density at radius 3 is 2.92 bits per heavy atom. The van der Waals surface area contributed by atoms with E-state index in [-0.39, 0.29) is 5.92 Å². The van der Waals surface area contributed by atoms with Crippen LogP contribution in [0.3, 0.4) is 0 Å². The lowest BCUT2D eigenvalue weighted by Crippen LogP contribution is -2.15. The molecule has 0 aromatic carbocycles. The lowest BCUT2D eigenvalue weighted by atomic mass is 10.2. The molecule has 0 radical (unpaired) electrons. The lowest BCUT2D eigenvalue weighted by molar-refractivity contribution is 0.429. The number of rotatable bonds is 1. The fraction of sp³-hybridized carbons (Fsp3) is 0.667. The quantitative estimate of drug-likeness (QED) is 0.648. The highest BCUT2D eigenvalue weighted by atomic mass is 32.2. The largest absolute Gasteiger partial charge is 0.610 e. The highest BCUT2D eigenvalue weighted by molar-refractivity contribution is 7.91. The molecule has 2 rings (SSSR count). The summed E-state index contributed by atoms with van der Waals surface area (Å²) in [7, 11) is 0. The average molecular weight is 199 g/mol. The van der Waals surface area contributed by atoms with Crippen LogP contribution in [0.15, 0.2) is 9.44 Å². The molecular weight excluding hydrogens is 186 g/mol. The molecule has 0 saturated heterocycles. The van der Waals surface area contributed by atoms with Gasteiger partial charge in [-0.05, 0) is 6.42 Å². The second-order valence-electron chi connectivity index (χ2n) is 3.59. The molecule has 1 unspecified atom stereocenters. The van der Waals surface area contributed by atoms with Gasteiger partial charge in [-0.2, -0.15) is 4.98 Å². The van der Waals surface area contributed by atoms with Crippen molar-refractivity contribution in [2.24, 2.45) is 0 Å². The Hall–Kier alpha value is -0.480. The van der Waals surface area contributed by atoms with E-state index in [4.69, 9.17) is 4.42 Å². The third-order valence-electron chi connectivity index (χ3n) is 2.12. The maximum Gasteiger partial charge on any atom is 0.286 e. The zero-order valence-electron chi connectivity index (χ0n) is 7.87. The van der Waals surface area contributed by atoms with Crippen molar-refractivity contribution >= 4 is 11.2 Å². The van der Waals surface area contributed by atoms with Gasteiger partial charge < -0.3 is 8.97 Å². The number of hydrogen-bond donors (Lipinski definition) is 0. The van der Waals surface area contributed by atoms with E-state index in [1.807, 2.05) is 13.8 Å². The highest BCUT2D eigenvalue weighted by Crippen LogP contribution is 2.27. The lowest BCUT2D eigenvalue weighted by Gasteiger charge is -2.11. The molecule has 72 valence electrons. The maximum absolute atomic E-state index is 11.5. The van der Waals surface area contributed by atoms with Crippen LogP contribution in [0.1, 0.15) is 37.8 Å². The summed E-state index contributed by atoms with van der Waals surface area (Å²) in [4.78, 5) is 4.26. The van der Waals surface area contributed by atoms with Crippen LogP contribution >= 0.6 is 0 Å². The van der Waals surface area contributed by atoms with Gasteiger partial charge >= 0.3 is 0 Å². The van der Waals surface area contributed by atoms with E-state index in [1.54, 1.807) is 0 Å². The molecule has 0 aliphatic carbocycles. The van der Waals surface area contributed by atoms with Crippen molar-refractivity contribution in [3.63, 3.8) is 0 Å². The van der Waals surface area contributed by atoms with E-state index in [9.17, 15) is 4.55 Å². The van der Waals surface area contributed by atoms with E-state index in [1.165, 1.54) is 0 Å². The van der Waals surface area contributed by atoms with Gasteiger partial charge in [0.25, 0.3) is 5.03 Å². The molecule has 0 spiro atoms. The Labute approximate surface area is 80.7 Å². The average Bonchev–Trinajstić information content (AvgIpc) is 2.49. The minimum Gasteiger partial charge on any atom is -0.610 e. The standard InChI is InChI=1S/C9H13NO2S/c1-6(2)8-10-9-7(12-8)4-3-5-13(9)11/h6H,3-5H2,1-2H3. The molecular formula is C9H13NO2S. The second kappa shape index (κ2) is 3.35. The first kappa shape index (κ1) is 9.09. The molecule has 1 atom stereocenters. The number of nitrogens with zero attached hydrogens (tertiary/aromatic N) is 1. The van der Waals surface area contributed by atoms with Crippen LogP contribution in [0.2, 0.25) is 0 Å². The molecule has 0 fully saturated rings. The van der Waals surface area contributed by atoms with Crippen molar-refractivity contribution in [3.05, 3.63) is 11.7 Å². The predicted octanol–water partition coefficient (Wildman–Crippen LogP) is 1.85. The molecule has 3 nitrogen and oxygen atoms in total. The summed E-state index contributed by atoms with van der Waals surface area (Å²) >= 11 is -0.916. The molecule has 1 aromatic rings. The first-order valence-electron chi connectivity index (χ1n) is 4.56. The van der Waals surface area contributed by atoms with Gasteiger partial charge in [0.2, 0.25) is 5.89 Å². The van der Waals surface area contributed by atoms with E-state index in [0.717, 1.165) is 30.2 Å². The normalized spacial score (nSPS) is 22.0. The molecule has 2 heterocycles. The van der Waals surface area contributed by atoms with Gasteiger partial charge in [0.1, 0.15) is 5.75 Å². The molecule has 0 saturated carbocycles. The summed E-state index contributed by atoms with van der Waals surface area (Å²) in [5.41, 5.74) is 0. The van der Waals surface area contributed by atoms with Crippen molar-refractivity contribution < 1.29 is 8.97 Å². The summed E-state index contributed by atoms with van der Waals surface area (Å²) in [6.07, 6.45) is 1.84. The highest BCUT2D eigenvalue weighted by Gasteiger charge is 2.29. The van der Waals surface area contributed by atoms with Gasteiger partial charge in [-0.25, -0.2) is 0 Å². The van der Waals surface area contributed by atoms with Crippen LogP contribution in [-0.4, -0.2) is 15.3 Å². The third-order valence-corrected chi connectivity index (χ3v) is 3.53. The van der Waals surface area contributed by atoms with Crippen LogP contribution in [0.4, 0.5) is 0 Å². The van der Waals surface area contributed by atoms with E-state index >= 15 is 0 Å². The molecule has 1 aliphatic rings. The summed E-state index contributed by atoms with van der Waals surface area (Å²) < 4.78 is 17.0. The monoisotopic (exact) mass is 199 g/mol. The van der Waals surface area contributed by atoms with Gasteiger partial charge in [-0.3, -0.25) is 0 Å². The number of oxazole rings is 1. The molecule has 13 heavy (non-hydrogen) atoms. The summed E-state index contributed by atoms with van der Waals surface area (Å²) in [5.74, 6) is 2.58. The zero-order chi connectivity index (χ0) is 9.42. The van der Waals surface area contributed by atoms with E-state index in [0.29, 0.717) is 5.03 Å². The van der Waals surface area contributed by atoms with Crippen molar-refractivity contribution in [2.75, 3.05) is 5.75 Å². The summed E-state index contributed by atoms with van der Waals surface area (Å²) in [6.45, 7) is 4.06. The smallest absolute Gasteiger partial charge is 0.286 e. The summed E-state index contributed by atoms with van der Waals surface area (Å²) in [6, 6.07) is 0. The minimum atomic E-state index is -0.916. The van der Waals surface area contributed by atoms with Crippen molar-refractivity contribution in [3.8, 4) is 0 Å². The Morgan fingerprint density at radius 1 is 1.54 bits per heavy atom. The van der Waals surface area contributed by atoms with Crippen LogP contribution in [-0.2, 0) is 17.6 Å². The Bertz CT molecular complexity index is 309. The van der Waals surface area contributed by atoms with Crippen molar-refractivity contribution in [2.45, 2.75) is 37.6 Å². The van der Waals surface area contributed by atoms with Gasteiger partial charge in [-0.1, -0.05) is 13.8 Å². The second-order valence-corrected chi connectivity index (χ2v) is 5.07. The first-order valence-corrected chi connectivity index (χ1v) is 5.88. The Balaban J connectivity index is 2.36. The minimum absolute atomic E-state index is 0.280. The van der Waals surface area contributed by atoms with Crippen molar-refractivity contribution in [1.29, 1.82) is 0 Å². The van der Waals surface area contributed by atoms with Crippen LogP contribution in [0.25, 0.3) is 0 Å². The van der Waals surface area contributed by atoms with E-state index in [2.05, 4.69) is 4.98 Å². The number of fused-ring (bicyclic) bond motifs is 1. The fourth-order valence-corrected chi connectivity index (χ4v) is 2.59. The van der Waals surface area contributed by atoms with Gasteiger partial charge in [0.05, 0.1) is 0 Å². The molecule has 4 heteroatoms. The van der Waals surface area contributed by atoms with Crippen LogP contribution < -0.4 is 0 Å². The topological polar surface area (TPSA) is 49.1 Å². The predicted molar refractivity (Wildman–Crippen MR) is 50.2 cm³/mol. The Kier molecular flexibility index (Phi) is 2.34. The molecule has 1 aromatic heterocycles. The molecule has 0 N–H and O–H groups in total. The molecule has 0 bridgehead atoms. The molecule has 1 aliphatic heterocycles. The Morgan fingerprint density at radius 2 is 2.31 bits per heavy atom. The first-order chi connectivity index (χ1) is 6.18. The van der Waals surface area contributed by atoms with Crippen molar-refractivity contribution in [1.82, 2.24) is 4.98 Å². The number of aryl methyl sites for hydroxylation is 1. The zero-order valence-corrected chi connectivity index (χ0v) is 8.69. The fourth-order valence-electron chi connectivity index (χ4n) is 1.40. The van der Waals surface area contributed by atoms with Gasteiger partial charge in [0.15, 0.2) is 5.76 Å². The van der Waals surface area contributed by atoms with Gasteiger partial charge in [-0.15, -0.1) is 0 Å². The van der Waals surface area contributed by atoms with Crippen LogP contribution in [0.5, 0.6) is 0 Å². The third kappa shape index (κ3) is 1.60. The van der Waals surface area contributed by atoms with Crippen LogP contribution in [0, 0.1) is 0 Å². The maximum atomic E-state index is 11.5. The number of hydrogen-bond acceptors (Lipinski definition) is 3. The van der Waals surface area contributed by atoms with Gasteiger partial charge in [0, 0.05) is 23.5 Å². The SMILES string of the molecule is CC(C)c1nc2c(o1)CCC[S+]2[O-]. The molecule has 0 amide bonds. The van der Waals surface area contributed by atoms with E-state index < -0.39 is 11.2 Å². The summed E-state index contributed by atoms with van der Waals surface area (Å²) in [5, 5.41) is 0.690.